The number of aromatic nitrogens is 2. The average molecular weight is 240 g/mol. The summed E-state index contributed by atoms with van der Waals surface area (Å²) >= 11 is 0. The van der Waals surface area contributed by atoms with Crippen LogP contribution < -0.4 is 0 Å². The minimum atomic E-state index is -0.740. The molecule has 0 radical (unpaired) electrons. The molecule has 0 spiro atoms. The highest BCUT2D eigenvalue weighted by Crippen LogP contribution is 2.13. The molecule has 4 nitrogen and oxygen atoms in total. The molecule has 0 saturated heterocycles. The summed E-state index contributed by atoms with van der Waals surface area (Å²) in [6.07, 6.45) is 1.93. The first-order valence-electron chi connectivity index (χ1n) is 6.35. The van der Waals surface area contributed by atoms with E-state index in [1.54, 1.807) is 0 Å². The topological polar surface area (TPSA) is 58.3 Å². The molecule has 0 aliphatic carbocycles. The number of hydrogen-bond acceptors (Lipinski definition) is 3. The fourth-order valence-corrected chi connectivity index (χ4v) is 1.70. The van der Waals surface area contributed by atoms with E-state index in [2.05, 4.69) is 18.9 Å². The van der Waals surface area contributed by atoms with Crippen molar-refractivity contribution in [1.29, 1.82) is 0 Å². The number of aliphatic hydroxyl groups excluding tert-OH is 2. The van der Waals surface area contributed by atoms with E-state index in [4.69, 9.17) is 0 Å². The Morgan fingerprint density at radius 3 is 2.47 bits per heavy atom. The summed E-state index contributed by atoms with van der Waals surface area (Å²) < 4.78 is 1.91. The predicted molar refractivity (Wildman–Crippen MR) is 67.8 cm³/mol. The third kappa shape index (κ3) is 3.82. The van der Waals surface area contributed by atoms with Gasteiger partial charge in [0.2, 0.25) is 0 Å². The lowest BCUT2D eigenvalue weighted by atomic mass is 9.99. The van der Waals surface area contributed by atoms with Gasteiger partial charge in [0, 0.05) is 18.7 Å². The van der Waals surface area contributed by atoms with Crippen LogP contribution in [0.4, 0.5) is 0 Å². The van der Waals surface area contributed by atoms with E-state index in [-0.39, 0.29) is 5.92 Å². The summed E-state index contributed by atoms with van der Waals surface area (Å²) in [5.41, 5.74) is 0.831. The van der Waals surface area contributed by atoms with Gasteiger partial charge in [0.05, 0.1) is 17.9 Å². The summed E-state index contributed by atoms with van der Waals surface area (Å²) in [6, 6.07) is 2.28. The second kappa shape index (κ2) is 6.17. The largest absolute Gasteiger partial charge is 0.390 e. The third-order valence-electron chi connectivity index (χ3n) is 3.20. The second-order valence-electron chi connectivity index (χ2n) is 5.05. The third-order valence-corrected chi connectivity index (χ3v) is 3.20. The molecule has 0 fully saturated rings. The summed E-state index contributed by atoms with van der Waals surface area (Å²) in [5.74, 6) is 0.0571. The van der Waals surface area contributed by atoms with Crippen molar-refractivity contribution in [2.45, 2.75) is 58.8 Å². The Balaban J connectivity index is 2.60. The van der Waals surface area contributed by atoms with Crippen LogP contribution >= 0.6 is 0 Å². The monoisotopic (exact) mass is 240 g/mol. The molecule has 0 aliphatic heterocycles. The van der Waals surface area contributed by atoms with Gasteiger partial charge in [0.25, 0.3) is 0 Å². The molecule has 1 aromatic heterocycles. The maximum Gasteiger partial charge on any atom is 0.0857 e. The summed E-state index contributed by atoms with van der Waals surface area (Å²) in [6.45, 7) is 8.01. The molecule has 3 atom stereocenters. The number of nitrogens with zero attached hydrogens (tertiary/aromatic N) is 2. The summed E-state index contributed by atoms with van der Waals surface area (Å²) in [7, 11) is 0. The lowest BCUT2D eigenvalue weighted by molar-refractivity contribution is -0.00786. The Kier molecular flexibility index (Phi) is 5.15. The molecule has 1 aromatic rings. The minimum absolute atomic E-state index is 0.0571. The van der Waals surface area contributed by atoms with Crippen molar-refractivity contribution < 1.29 is 10.2 Å². The smallest absolute Gasteiger partial charge is 0.0857 e. The average Bonchev–Trinajstić information content (AvgIpc) is 2.75. The van der Waals surface area contributed by atoms with E-state index < -0.39 is 12.2 Å². The molecule has 2 N–H and O–H groups in total. The quantitative estimate of drug-likeness (QED) is 0.796. The minimum Gasteiger partial charge on any atom is -0.390 e. The predicted octanol–water partition coefficient (Wildman–Crippen LogP) is 1.77. The Labute approximate surface area is 103 Å². The Morgan fingerprint density at radius 1 is 1.29 bits per heavy atom. The zero-order valence-corrected chi connectivity index (χ0v) is 11.2. The van der Waals surface area contributed by atoms with Crippen LogP contribution in [0.25, 0.3) is 0 Å². The van der Waals surface area contributed by atoms with Gasteiger partial charge in [-0.2, -0.15) is 5.10 Å². The van der Waals surface area contributed by atoms with Crippen molar-refractivity contribution in [2.24, 2.45) is 5.92 Å². The van der Waals surface area contributed by atoms with Crippen molar-refractivity contribution in [2.75, 3.05) is 0 Å². The number of rotatable bonds is 6. The fraction of sp³-hybridized carbons (Fsp3) is 0.769. The zero-order valence-electron chi connectivity index (χ0n) is 11.2. The van der Waals surface area contributed by atoms with Gasteiger partial charge in [0.15, 0.2) is 0 Å². The molecule has 1 heterocycles. The highest BCUT2D eigenvalue weighted by Gasteiger charge is 2.21. The van der Waals surface area contributed by atoms with Crippen molar-refractivity contribution in [3.63, 3.8) is 0 Å². The second-order valence-corrected chi connectivity index (χ2v) is 5.05. The van der Waals surface area contributed by atoms with Crippen molar-refractivity contribution in [1.82, 2.24) is 9.78 Å². The van der Waals surface area contributed by atoms with Crippen LogP contribution in [0.3, 0.4) is 0 Å². The highest BCUT2D eigenvalue weighted by molar-refractivity contribution is 5.02. The normalized spacial score (nSPS) is 17.1. The standard InChI is InChI=1S/C13H24N2O2/c1-5-10(4)15-7-6-11(14-15)8-12(16)13(17)9(2)3/h6-7,9-10,12-13,16-17H,5,8H2,1-4H3. The first-order chi connectivity index (χ1) is 7.95. The highest BCUT2D eigenvalue weighted by atomic mass is 16.3. The van der Waals surface area contributed by atoms with Crippen LogP contribution in [0.15, 0.2) is 12.3 Å². The molecular weight excluding hydrogens is 216 g/mol. The summed E-state index contributed by atoms with van der Waals surface area (Å²) in [4.78, 5) is 0. The van der Waals surface area contributed by atoms with Crippen LogP contribution in [-0.4, -0.2) is 32.2 Å². The van der Waals surface area contributed by atoms with Crippen molar-refractivity contribution >= 4 is 0 Å². The SMILES string of the molecule is CCC(C)n1ccc(CC(O)C(O)C(C)C)n1. The molecule has 4 heteroatoms. The molecule has 0 bridgehead atoms. The molecule has 0 aliphatic rings. The molecule has 1 rings (SSSR count). The van der Waals surface area contributed by atoms with E-state index in [1.807, 2.05) is 30.8 Å². The van der Waals surface area contributed by atoms with E-state index in [1.165, 1.54) is 0 Å². The fourth-order valence-electron chi connectivity index (χ4n) is 1.70. The number of hydrogen-bond donors (Lipinski definition) is 2. The van der Waals surface area contributed by atoms with Gasteiger partial charge < -0.3 is 10.2 Å². The van der Waals surface area contributed by atoms with Gasteiger partial charge in [-0.3, -0.25) is 4.68 Å². The Hall–Kier alpha value is -0.870. The zero-order chi connectivity index (χ0) is 13.0. The molecule has 0 amide bonds. The molecule has 17 heavy (non-hydrogen) atoms. The first kappa shape index (κ1) is 14.2. The molecular formula is C13H24N2O2. The van der Waals surface area contributed by atoms with E-state index in [0.717, 1.165) is 12.1 Å². The summed E-state index contributed by atoms with van der Waals surface area (Å²) in [5, 5.41) is 24.0. The van der Waals surface area contributed by atoms with Gasteiger partial charge in [-0.05, 0) is 25.3 Å². The van der Waals surface area contributed by atoms with Crippen LogP contribution in [0.2, 0.25) is 0 Å². The van der Waals surface area contributed by atoms with Gasteiger partial charge in [0.1, 0.15) is 0 Å². The molecule has 3 unspecified atom stereocenters. The van der Waals surface area contributed by atoms with Gasteiger partial charge >= 0.3 is 0 Å². The van der Waals surface area contributed by atoms with E-state index in [9.17, 15) is 10.2 Å². The Morgan fingerprint density at radius 2 is 1.94 bits per heavy atom. The molecule has 0 aromatic carbocycles. The maximum atomic E-state index is 9.85. The lowest BCUT2D eigenvalue weighted by Crippen LogP contribution is -2.32. The van der Waals surface area contributed by atoms with Crippen molar-refractivity contribution in [3.8, 4) is 0 Å². The first-order valence-corrected chi connectivity index (χ1v) is 6.35. The van der Waals surface area contributed by atoms with E-state index in [0.29, 0.717) is 12.5 Å². The Bertz CT molecular complexity index is 336. The lowest BCUT2D eigenvalue weighted by Gasteiger charge is -2.20. The van der Waals surface area contributed by atoms with Crippen LogP contribution in [0.1, 0.15) is 45.9 Å². The van der Waals surface area contributed by atoms with Crippen LogP contribution in [-0.2, 0) is 6.42 Å². The van der Waals surface area contributed by atoms with Crippen LogP contribution in [0.5, 0.6) is 0 Å². The molecule has 98 valence electrons. The number of aliphatic hydroxyl groups is 2. The van der Waals surface area contributed by atoms with Crippen molar-refractivity contribution in [3.05, 3.63) is 18.0 Å². The maximum absolute atomic E-state index is 9.85. The van der Waals surface area contributed by atoms with Gasteiger partial charge in [-0.15, -0.1) is 0 Å². The van der Waals surface area contributed by atoms with E-state index >= 15 is 0 Å². The van der Waals surface area contributed by atoms with Crippen LogP contribution in [0, 0.1) is 5.92 Å². The van der Waals surface area contributed by atoms with Gasteiger partial charge in [-0.25, -0.2) is 0 Å². The molecule has 0 saturated carbocycles. The van der Waals surface area contributed by atoms with Gasteiger partial charge in [-0.1, -0.05) is 20.8 Å².